The van der Waals surface area contributed by atoms with Gasteiger partial charge >= 0.3 is 0 Å². The minimum Gasteiger partial charge on any atom is -0.493 e. The fourth-order valence-corrected chi connectivity index (χ4v) is 3.21. The first-order chi connectivity index (χ1) is 10.5. The fraction of sp³-hybridized carbons (Fsp3) is 0.562. The highest BCUT2D eigenvalue weighted by molar-refractivity contribution is 9.10. The number of halogens is 1. The third-order valence-electron chi connectivity index (χ3n) is 3.47. The Kier molecular flexibility index (Phi) is 5.69. The van der Waals surface area contributed by atoms with Crippen molar-refractivity contribution < 1.29 is 19.0 Å². The second-order valence-corrected chi connectivity index (χ2v) is 6.24. The summed E-state index contributed by atoms with van der Waals surface area (Å²) in [4.78, 5) is 14.6. The molecule has 1 heterocycles. The van der Waals surface area contributed by atoms with E-state index in [1.165, 1.54) is 0 Å². The zero-order valence-electron chi connectivity index (χ0n) is 13.4. The lowest BCUT2D eigenvalue weighted by Crippen LogP contribution is -2.48. The molecule has 0 bridgehead atoms. The average molecular weight is 372 g/mol. The molecule has 0 spiro atoms. The van der Waals surface area contributed by atoms with Gasteiger partial charge in [0.1, 0.15) is 0 Å². The van der Waals surface area contributed by atoms with E-state index in [4.69, 9.17) is 14.2 Å². The van der Waals surface area contributed by atoms with Crippen molar-refractivity contribution in [2.45, 2.75) is 33.0 Å². The van der Waals surface area contributed by atoms with Crippen LogP contribution < -0.4 is 9.47 Å². The van der Waals surface area contributed by atoms with Crippen LogP contribution in [0.4, 0.5) is 0 Å². The Hall–Kier alpha value is -1.27. The maximum Gasteiger partial charge on any atom is 0.254 e. The van der Waals surface area contributed by atoms with E-state index < -0.39 is 0 Å². The summed E-state index contributed by atoms with van der Waals surface area (Å²) in [6.07, 6.45) is 0.0847. The molecule has 6 heteroatoms. The highest BCUT2D eigenvalue weighted by Gasteiger charge is 2.27. The van der Waals surface area contributed by atoms with Gasteiger partial charge in [-0.1, -0.05) is 0 Å². The number of ether oxygens (including phenoxy) is 3. The quantitative estimate of drug-likeness (QED) is 0.815. The van der Waals surface area contributed by atoms with E-state index in [0.29, 0.717) is 41.2 Å². The van der Waals surface area contributed by atoms with Gasteiger partial charge in [-0.05, 0) is 48.8 Å². The molecule has 5 nitrogen and oxygen atoms in total. The van der Waals surface area contributed by atoms with Gasteiger partial charge < -0.3 is 19.1 Å². The summed E-state index contributed by atoms with van der Waals surface area (Å²) in [5.74, 6) is 1.14. The van der Waals surface area contributed by atoms with Crippen molar-refractivity contribution in [1.29, 1.82) is 0 Å². The first-order valence-corrected chi connectivity index (χ1v) is 8.20. The smallest absolute Gasteiger partial charge is 0.254 e. The monoisotopic (exact) mass is 371 g/mol. The highest BCUT2D eigenvalue weighted by atomic mass is 79.9. The number of amides is 1. The SMILES string of the molecule is CCOc1c(Br)cc(C(=O)N2C[C@@H](C)O[C@H](C)C2)cc1OC. The molecule has 0 saturated carbocycles. The van der Waals surface area contributed by atoms with Crippen LogP contribution >= 0.6 is 15.9 Å². The number of morpholine rings is 1. The predicted molar refractivity (Wildman–Crippen MR) is 87.8 cm³/mol. The Balaban J connectivity index is 2.28. The molecular formula is C16H22BrNO4. The molecule has 0 aromatic heterocycles. The lowest BCUT2D eigenvalue weighted by molar-refractivity contribution is -0.0586. The van der Waals surface area contributed by atoms with Gasteiger partial charge in [0.05, 0.1) is 30.4 Å². The molecule has 2 atom stereocenters. The van der Waals surface area contributed by atoms with Crippen molar-refractivity contribution >= 4 is 21.8 Å². The van der Waals surface area contributed by atoms with Crippen LogP contribution in [-0.4, -0.2) is 49.8 Å². The van der Waals surface area contributed by atoms with Crippen molar-refractivity contribution in [3.63, 3.8) is 0 Å². The molecule has 1 amide bonds. The van der Waals surface area contributed by atoms with E-state index in [-0.39, 0.29) is 18.1 Å². The van der Waals surface area contributed by atoms with Crippen molar-refractivity contribution in [3.8, 4) is 11.5 Å². The molecule has 1 saturated heterocycles. The summed E-state index contributed by atoms with van der Waals surface area (Å²) in [6.45, 7) is 7.57. The second-order valence-electron chi connectivity index (χ2n) is 5.39. The zero-order chi connectivity index (χ0) is 16.3. The maximum atomic E-state index is 12.7. The van der Waals surface area contributed by atoms with Crippen LogP contribution in [0.1, 0.15) is 31.1 Å². The molecule has 1 aromatic rings. The molecule has 1 aliphatic heterocycles. The van der Waals surface area contributed by atoms with E-state index in [1.54, 1.807) is 19.2 Å². The fourth-order valence-electron chi connectivity index (χ4n) is 2.65. The predicted octanol–water partition coefficient (Wildman–Crippen LogP) is 3.11. The molecular weight excluding hydrogens is 350 g/mol. The van der Waals surface area contributed by atoms with E-state index >= 15 is 0 Å². The van der Waals surface area contributed by atoms with Crippen LogP contribution in [0.15, 0.2) is 16.6 Å². The lowest BCUT2D eigenvalue weighted by Gasteiger charge is -2.35. The van der Waals surface area contributed by atoms with Crippen molar-refractivity contribution in [3.05, 3.63) is 22.2 Å². The minimum atomic E-state index is -0.0240. The third kappa shape index (κ3) is 3.73. The van der Waals surface area contributed by atoms with Gasteiger partial charge in [0.2, 0.25) is 0 Å². The van der Waals surface area contributed by atoms with Crippen LogP contribution in [0.2, 0.25) is 0 Å². The van der Waals surface area contributed by atoms with Gasteiger partial charge in [0.25, 0.3) is 5.91 Å². The van der Waals surface area contributed by atoms with Gasteiger partial charge in [-0.2, -0.15) is 0 Å². The van der Waals surface area contributed by atoms with E-state index in [2.05, 4.69) is 15.9 Å². The summed E-state index contributed by atoms with van der Waals surface area (Å²) in [5, 5.41) is 0. The van der Waals surface area contributed by atoms with Gasteiger partial charge in [0.15, 0.2) is 11.5 Å². The molecule has 0 radical (unpaired) electrons. The summed E-state index contributed by atoms with van der Waals surface area (Å²) in [5.41, 5.74) is 0.577. The summed E-state index contributed by atoms with van der Waals surface area (Å²) < 4.78 is 17.3. The average Bonchev–Trinajstić information content (AvgIpc) is 2.47. The van der Waals surface area contributed by atoms with Crippen molar-refractivity contribution in [2.75, 3.05) is 26.8 Å². The Bertz CT molecular complexity index is 539. The Morgan fingerprint density at radius 1 is 1.36 bits per heavy atom. The standard InChI is InChI=1S/C16H22BrNO4/c1-5-21-15-13(17)6-12(7-14(15)20-4)16(19)18-8-10(2)22-11(3)9-18/h6-7,10-11H,5,8-9H2,1-4H3/t10-,11-/m1/s1. The number of rotatable bonds is 4. The normalized spacial score (nSPS) is 21.6. The Morgan fingerprint density at radius 2 is 2.00 bits per heavy atom. The van der Waals surface area contributed by atoms with Crippen LogP contribution in [0.3, 0.4) is 0 Å². The lowest BCUT2D eigenvalue weighted by atomic mass is 10.1. The molecule has 22 heavy (non-hydrogen) atoms. The Morgan fingerprint density at radius 3 is 2.55 bits per heavy atom. The number of benzene rings is 1. The molecule has 1 aliphatic rings. The molecule has 122 valence electrons. The van der Waals surface area contributed by atoms with Crippen molar-refractivity contribution in [2.24, 2.45) is 0 Å². The molecule has 1 aromatic carbocycles. The minimum absolute atomic E-state index is 0.0240. The summed E-state index contributed by atoms with van der Waals surface area (Å²) in [7, 11) is 1.57. The molecule has 1 fully saturated rings. The maximum absolute atomic E-state index is 12.7. The van der Waals surface area contributed by atoms with Crippen LogP contribution in [0.25, 0.3) is 0 Å². The van der Waals surface area contributed by atoms with Crippen molar-refractivity contribution in [1.82, 2.24) is 4.90 Å². The number of hydrogen-bond acceptors (Lipinski definition) is 4. The molecule has 2 rings (SSSR count). The number of hydrogen-bond donors (Lipinski definition) is 0. The zero-order valence-corrected chi connectivity index (χ0v) is 15.0. The topological polar surface area (TPSA) is 48.0 Å². The first kappa shape index (κ1) is 17.1. The highest BCUT2D eigenvalue weighted by Crippen LogP contribution is 2.37. The Labute approximate surface area is 139 Å². The van der Waals surface area contributed by atoms with Crippen LogP contribution in [0.5, 0.6) is 11.5 Å². The van der Waals surface area contributed by atoms with E-state index in [9.17, 15) is 4.79 Å². The van der Waals surface area contributed by atoms with Gasteiger partial charge in [-0.15, -0.1) is 0 Å². The number of methoxy groups -OCH3 is 1. The number of carbonyl (C=O) groups excluding carboxylic acids is 1. The first-order valence-electron chi connectivity index (χ1n) is 7.41. The van der Waals surface area contributed by atoms with E-state index in [1.807, 2.05) is 25.7 Å². The van der Waals surface area contributed by atoms with Gasteiger partial charge in [-0.3, -0.25) is 4.79 Å². The molecule has 0 aliphatic carbocycles. The third-order valence-corrected chi connectivity index (χ3v) is 4.06. The van der Waals surface area contributed by atoms with Crippen LogP contribution in [-0.2, 0) is 4.74 Å². The largest absolute Gasteiger partial charge is 0.493 e. The molecule has 0 N–H and O–H groups in total. The van der Waals surface area contributed by atoms with E-state index in [0.717, 1.165) is 0 Å². The molecule has 0 unspecified atom stereocenters. The number of nitrogens with zero attached hydrogens (tertiary/aromatic N) is 1. The summed E-state index contributed by atoms with van der Waals surface area (Å²) >= 11 is 3.46. The van der Waals surface area contributed by atoms with Gasteiger partial charge in [-0.25, -0.2) is 0 Å². The van der Waals surface area contributed by atoms with Crippen LogP contribution in [0, 0.1) is 0 Å². The number of carbonyl (C=O) groups is 1. The summed E-state index contributed by atoms with van der Waals surface area (Å²) in [6, 6.07) is 3.50. The van der Waals surface area contributed by atoms with Gasteiger partial charge in [0, 0.05) is 18.7 Å². The second kappa shape index (κ2) is 7.33.